The van der Waals surface area contributed by atoms with Gasteiger partial charge in [-0.3, -0.25) is 20.2 Å². The van der Waals surface area contributed by atoms with Gasteiger partial charge in [0.15, 0.2) is 5.75 Å². The first-order valence-corrected chi connectivity index (χ1v) is 7.61. The molecule has 8 nitrogen and oxygen atoms in total. The molecule has 120 valence electrons. The lowest BCUT2D eigenvalue weighted by Crippen LogP contribution is -1.98. The van der Waals surface area contributed by atoms with Gasteiger partial charge in [-0.2, -0.15) is 0 Å². The fraction of sp³-hybridized carbons (Fsp3) is 0.0769. The molecule has 23 heavy (non-hydrogen) atoms. The summed E-state index contributed by atoms with van der Waals surface area (Å²) in [5, 5.41) is 41.8. The molecular formula is C13H8Br2N2O6. The van der Waals surface area contributed by atoms with Gasteiger partial charge >= 0.3 is 5.69 Å². The van der Waals surface area contributed by atoms with Crippen LogP contribution in [-0.2, 0) is 6.42 Å². The minimum absolute atomic E-state index is 0.0359. The third kappa shape index (κ3) is 3.59. The van der Waals surface area contributed by atoms with Crippen LogP contribution in [0.3, 0.4) is 0 Å². The SMILES string of the molecule is O=[N+]([O-])c1cc(Cc2cc(Br)cc(Br)c2O)c(O)c([N+](=O)[O-])c1. The highest BCUT2D eigenvalue weighted by Crippen LogP contribution is 2.38. The number of nitro groups is 2. The summed E-state index contributed by atoms with van der Waals surface area (Å²) in [5.74, 6) is -0.794. The molecule has 10 heteroatoms. The molecule has 0 aromatic heterocycles. The maximum absolute atomic E-state index is 10.9. The largest absolute Gasteiger partial charge is 0.506 e. The van der Waals surface area contributed by atoms with Gasteiger partial charge in [0.1, 0.15) is 5.75 Å². The number of phenolic OH excluding ortho intramolecular Hbond substituents is 2. The topological polar surface area (TPSA) is 127 Å². The number of non-ortho nitro benzene ring substituents is 1. The maximum atomic E-state index is 10.9. The molecule has 0 fully saturated rings. The van der Waals surface area contributed by atoms with Gasteiger partial charge in [-0.25, -0.2) is 0 Å². The van der Waals surface area contributed by atoms with Gasteiger partial charge < -0.3 is 10.2 Å². The molecule has 2 aromatic rings. The predicted molar refractivity (Wildman–Crippen MR) is 87.7 cm³/mol. The third-order valence-electron chi connectivity index (χ3n) is 3.05. The van der Waals surface area contributed by atoms with Crippen molar-refractivity contribution in [2.24, 2.45) is 0 Å². The molecule has 0 saturated heterocycles. The van der Waals surface area contributed by atoms with Crippen LogP contribution in [-0.4, -0.2) is 20.1 Å². The van der Waals surface area contributed by atoms with E-state index in [1.54, 1.807) is 12.1 Å². The number of halogens is 2. The van der Waals surface area contributed by atoms with Crippen LogP contribution < -0.4 is 0 Å². The van der Waals surface area contributed by atoms with E-state index in [9.17, 15) is 30.4 Å². The summed E-state index contributed by atoms with van der Waals surface area (Å²) in [6.07, 6.45) is -0.127. The van der Waals surface area contributed by atoms with Crippen LogP contribution in [0.2, 0.25) is 0 Å². The molecule has 0 spiro atoms. The highest BCUT2D eigenvalue weighted by atomic mass is 79.9. The minimum Gasteiger partial charge on any atom is -0.506 e. The van der Waals surface area contributed by atoms with Gasteiger partial charge in [-0.15, -0.1) is 0 Å². The Bertz CT molecular complexity index is 825. The number of aromatic hydroxyl groups is 2. The number of rotatable bonds is 4. The van der Waals surface area contributed by atoms with Crippen molar-refractivity contribution in [2.75, 3.05) is 0 Å². The highest BCUT2D eigenvalue weighted by Gasteiger charge is 2.24. The molecule has 0 aliphatic heterocycles. The quantitative estimate of drug-likeness (QED) is 0.538. The Morgan fingerprint density at radius 3 is 2.09 bits per heavy atom. The molecule has 0 aliphatic rings. The molecule has 0 saturated carbocycles. The molecular weight excluding hydrogens is 440 g/mol. The Morgan fingerprint density at radius 2 is 1.52 bits per heavy atom. The number of nitro benzene ring substituents is 2. The third-order valence-corrected chi connectivity index (χ3v) is 4.11. The minimum atomic E-state index is -0.900. The summed E-state index contributed by atoms with van der Waals surface area (Å²) in [5.41, 5.74) is -0.983. The second kappa shape index (κ2) is 6.50. The highest BCUT2D eigenvalue weighted by molar-refractivity contribution is 9.11. The maximum Gasteiger partial charge on any atom is 0.317 e. The van der Waals surface area contributed by atoms with E-state index in [1.165, 1.54) is 0 Å². The Balaban J connectivity index is 2.60. The summed E-state index contributed by atoms with van der Waals surface area (Å²) < 4.78 is 0.998. The van der Waals surface area contributed by atoms with E-state index in [0.717, 1.165) is 6.07 Å². The van der Waals surface area contributed by atoms with Crippen LogP contribution in [0, 0.1) is 20.2 Å². The van der Waals surface area contributed by atoms with Crippen LogP contribution in [0.25, 0.3) is 0 Å². The fourth-order valence-electron chi connectivity index (χ4n) is 2.00. The standard InChI is InChI=1S/C13H8Br2N2O6/c14-8-2-6(12(18)10(15)4-8)1-7-3-9(16(20)21)5-11(13(7)19)17(22)23/h2-5,18-19H,1H2. The van der Waals surface area contributed by atoms with E-state index < -0.39 is 27.0 Å². The summed E-state index contributed by atoms with van der Waals surface area (Å²) >= 11 is 6.38. The first kappa shape index (κ1) is 17.2. The van der Waals surface area contributed by atoms with Crippen molar-refractivity contribution < 1.29 is 20.1 Å². The first-order chi connectivity index (χ1) is 10.7. The van der Waals surface area contributed by atoms with Gasteiger partial charge in [0.25, 0.3) is 5.69 Å². The Labute approximate surface area is 145 Å². The molecule has 0 heterocycles. The van der Waals surface area contributed by atoms with Gasteiger partial charge in [0.05, 0.1) is 20.4 Å². The average Bonchev–Trinajstić information content (AvgIpc) is 2.45. The summed E-state index contributed by atoms with van der Waals surface area (Å²) in [7, 11) is 0. The zero-order chi connectivity index (χ0) is 17.3. The van der Waals surface area contributed by atoms with Gasteiger partial charge in [-0.1, -0.05) is 15.9 Å². The monoisotopic (exact) mass is 446 g/mol. The molecule has 2 N–H and O–H groups in total. The Hall–Kier alpha value is -2.20. The van der Waals surface area contributed by atoms with Gasteiger partial charge in [0, 0.05) is 28.1 Å². The second-order valence-electron chi connectivity index (χ2n) is 4.56. The van der Waals surface area contributed by atoms with Crippen molar-refractivity contribution in [1.29, 1.82) is 0 Å². The molecule has 2 rings (SSSR count). The van der Waals surface area contributed by atoms with E-state index in [1.807, 2.05) is 0 Å². The van der Waals surface area contributed by atoms with Gasteiger partial charge in [-0.05, 0) is 28.1 Å². The number of hydrogen-bond acceptors (Lipinski definition) is 6. The lowest BCUT2D eigenvalue weighted by atomic mass is 10.0. The predicted octanol–water partition coefficient (Wildman–Crippen LogP) is 4.03. The van der Waals surface area contributed by atoms with E-state index >= 15 is 0 Å². The summed E-state index contributed by atoms with van der Waals surface area (Å²) in [6.45, 7) is 0. The molecule has 0 bridgehead atoms. The van der Waals surface area contributed by atoms with Crippen LogP contribution >= 0.6 is 31.9 Å². The van der Waals surface area contributed by atoms with Crippen LogP contribution in [0.4, 0.5) is 11.4 Å². The lowest BCUT2D eigenvalue weighted by Gasteiger charge is -2.09. The van der Waals surface area contributed by atoms with Crippen LogP contribution in [0.1, 0.15) is 11.1 Å². The molecule has 2 aromatic carbocycles. The Morgan fingerprint density at radius 1 is 0.913 bits per heavy atom. The first-order valence-electron chi connectivity index (χ1n) is 6.02. The van der Waals surface area contributed by atoms with E-state index in [2.05, 4.69) is 31.9 Å². The molecule has 0 aliphatic carbocycles. The normalized spacial score (nSPS) is 10.5. The van der Waals surface area contributed by atoms with Gasteiger partial charge in [0.2, 0.25) is 0 Å². The lowest BCUT2D eigenvalue weighted by molar-refractivity contribution is -0.394. The van der Waals surface area contributed by atoms with E-state index in [4.69, 9.17) is 0 Å². The van der Waals surface area contributed by atoms with Crippen molar-refractivity contribution in [3.63, 3.8) is 0 Å². The van der Waals surface area contributed by atoms with Crippen molar-refractivity contribution in [1.82, 2.24) is 0 Å². The number of benzene rings is 2. The van der Waals surface area contributed by atoms with Crippen molar-refractivity contribution in [3.05, 3.63) is 64.6 Å². The van der Waals surface area contributed by atoms with Crippen LogP contribution in [0.15, 0.2) is 33.2 Å². The molecule has 0 radical (unpaired) electrons. The van der Waals surface area contributed by atoms with Crippen molar-refractivity contribution in [3.8, 4) is 11.5 Å². The molecule has 0 unspecified atom stereocenters. The fourth-order valence-corrected chi connectivity index (χ4v) is 3.31. The van der Waals surface area contributed by atoms with Crippen molar-refractivity contribution in [2.45, 2.75) is 6.42 Å². The van der Waals surface area contributed by atoms with Crippen molar-refractivity contribution >= 4 is 43.2 Å². The smallest absolute Gasteiger partial charge is 0.317 e. The molecule has 0 amide bonds. The molecule has 0 atom stereocenters. The zero-order valence-corrected chi connectivity index (χ0v) is 14.4. The summed E-state index contributed by atoms with van der Waals surface area (Å²) in [6, 6.07) is 4.87. The van der Waals surface area contributed by atoms with Crippen LogP contribution in [0.5, 0.6) is 11.5 Å². The zero-order valence-electron chi connectivity index (χ0n) is 11.2. The second-order valence-corrected chi connectivity index (χ2v) is 6.33. The number of phenols is 2. The number of hydrogen-bond donors (Lipinski definition) is 2. The average molecular weight is 448 g/mol. The van der Waals surface area contributed by atoms with E-state index in [0.29, 0.717) is 20.6 Å². The Kier molecular flexibility index (Phi) is 4.85. The van der Waals surface area contributed by atoms with E-state index in [-0.39, 0.29) is 17.7 Å². The number of nitrogens with zero attached hydrogens (tertiary/aromatic N) is 2. The summed E-state index contributed by atoms with van der Waals surface area (Å²) in [4.78, 5) is 20.2.